The Morgan fingerprint density at radius 1 is 1.44 bits per heavy atom. The van der Waals surface area contributed by atoms with Crippen LogP contribution in [0.4, 0.5) is 5.69 Å². The molecule has 0 atom stereocenters. The Balaban J connectivity index is 2.05. The third kappa shape index (κ3) is 2.65. The molecule has 2 aromatic rings. The number of ether oxygens (including phenoxy) is 1. The second kappa shape index (κ2) is 5.31. The molecule has 0 saturated carbocycles. The number of nitrogens with two attached hydrogens (primary N) is 1. The number of aromatic nitrogens is 3. The summed E-state index contributed by atoms with van der Waals surface area (Å²) >= 11 is 0. The summed E-state index contributed by atoms with van der Waals surface area (Å²) in [6.45, 7) is 0.644. The number of pyridine rings is 1. The summed E-state index contributed by atoms with van der Waals surface area (Å²) < 4.78 is 6.23. The van der Waals surface area contributed by atoms with Crippen molar-refractivity contribution in [2.45, 2.75) is 13.0 Å². The molecular weight excluding hydrogens is 232 g/mol. The minimum atomic E-state index is -0.518. The highest BCUT2D eigenvalue weighted by Gasteiger charge is 2.14. The monoisotopic (exact) mass is 246 g/mol. The van der Waals surface area contributed by atoms with E-state index in [1.54, 1.807) is 23.3 Å². The summed E-state index contributed by atoms with van der Waals surface area (Å²) in [5, 5.41) is 4.10. The molecule has 0 fully saturated rings. The average molecular weight is 246 g/mol. The van der Waals surface area contributed by atoms with E-state index in [0.29, 0.717) is 12.2 Å². The van der Waals surface area contributed by atoms with Crippen molar-refractivity contribution in [2.24, 2.45) is 0 Å². The Kier molecular flexibility index (Phi) is 3.57. The van der Waals surface area contributed by atoms with E-state index in [2.05, 4.69) is 14.8 Å². The Labute approximate surface area is 104 Å². The summed E-state index contributed by atoms with van der Waals surface area (Å²) in [7, 11) is 1.30. The van der Waals surface area contributed by atoms with Gasteiger partial charge in [0.15, 0.2) is 5.69 Å². The number of rotatable bonds is 4. The van der Waals surface area contributed by atoms with Gasteiger partial charge in [0, 0.05) is 25.1 Å². The smallest absolute Gasteiger partial charge is 0.360 e. The molecule has 0 aliphatic carbocycles. The first-order valence-electron chi connectivity index (χ1n) is 5.51. The topological polar surface area (TPSA) is 83.0 Å². The van der Waals surface area contributed by atoms with Gasteiger partial charge in [-0.1, -0.05) is 0 Å². The van der Waals surface area contributed by atoms with E-state index in [-0.39, 0.29) is 5.69 Å². The van der Waals surface area contributed by atoms with Crippen molar-refractivity contribution < 1.29 is 9.53 Å². The summed E-state index contributed by atoms with van der Waals surface area (Å²) in [6, 6.07) is 3.88. The van der Waals surface area contributed by atoms with Crippen LogP contribution in [-0.2, 0) is 17.7 Å². The van der Waals surface area contributed by atoms with Crippen LogP contribution in [0.15, 0.2) is 30.7 Å². The van der Waals surface area contributed by atoms with Crippen molar-refractivity contribution in [3.05, 3.63) is 42.0 Å². The van der Waals surface area contributed by atoms with Gasteiger partial charge in [0.1, 0.15) is 0 Å². The van der Waals surface area contributed by atoms with E-state index in [9.17, 15) is 4.79 Å². The molecule has 0 radical (unpaired) electrons. The van der Waals surface area contributed by atoms with Crippen molar-refractivity contribution in [3.8, 4) is 0 Å². The lowest BCUT2D eigenvalue weighted by atomic mass is 10.2. The SMILES string of the molecule is COC(=O)c1nn(CCc2ccncc2)cc1N. The molecule has 0 aromatic carbocycles. The van der Waals surface area contributed by atoms with Crippen LogP contribution >= 0.6 is 0 Å². The molecule has 2 aromatic heterocycles. The second-order valence-corrected chi connectivity index (χ2v) is 3.79. The maximum atomic E-state index is 11.3. The number of nitrogen functional groups attached to an aromatic ring is 1. The largest absolute Gasteiger partial charge is 0.464 e. The minimum absolute atomic E-state index is 0.159. The molecule has 0 aliphatic rings. The lowest BCUT2D eigenvalue weighted by molar-refractivity contribution is 0.0594. The minimum Gasteiger partial charge on any atom is -0.464 e. The van der Waals surface area contributed by atoms with Gasteiger partial charge in [-0.15, -0.1) is 0 Å². The number of hydrogen-bond donors (Lipinski definition) is 1. The zero-order valence-corrected chi connectivity index (χ0v) is 10.0. The first-order chi connectivity index (χ1) is 8.70. The molecule has 0 spiro atoms. The van der Waals surface area contributed by atoms with E-state index in [1.165, 1.54) is 7.11 Å². The molecule has 2 heterocycles. The molecule has 0 saturated heterocycles. The molecule has 0 amide bonds. The number of nitrogens with zero attached hydrogens (tertiary/aromatic N) is 3. The van der Waals surface area contributed by atoms with Crippen LogP contribution in [0.2, 0.25) is 0 Å². The number of anilines is 1. The molecular formula is C12H14N4O2. The highest BCUT2D eigenvalue weighted by molar-refractivity contribution is 5.92. The number of carbonyl (C=O) groups is 1. The van der Waals surface area contributed by atoms with Crippen molar-refractivity contribution in [1.29, 1.82) is 0 Å². The van der Waals surface area contributed by atoms with Gasteiger partial charge in [0.25, 0.3) is 0 Å². The summed E-state index contributed by atoms with van der Waals surface area (Å²) in [4.78, 5) is 15.3. The average Bonchev–Trinajstić information content (AvgIpc) is 2.78. The Bertz CT molecular complexity index is 536. The molecule has 6 nitrogen and oxygen atoms in total. The van der Waals surface area contributed by atoms with Crippen LogP contribution in [0.3, 0.4) is 0 Å². The highest BCUT2D eigenvalue weighted by atomic mass is 16.5. The van der Waals surface area contributed by atoms with Crippen molar-refractivity contribution in [2.75, 3.05) is 12.8 Å². The van der Waals surface area contributed by atoms with Gasteiger partial charge < -0.3 is 10.5 Å². The molecule has 6 heteroatoms. The molecule has 0 aliphatic heterocycles. The summed E-state index contributed by atoms with van der Waals surface area (Å²) in [6.07, 6.45) is 5.91. The quantitative estimate of drug-likeness (QED) is 0.810. The maximum Gasteiger partial charge on any atom is 0.360 e. The summed E-state index contributed by atoms with van der Waals surface area (Å²) in [5.74, 6) is -0.518. The molecule has 0 unspecified atom stereocenters. The number of hydrogen-bond acceptors (Lipinski definition) is 5. The first-order valence-corrected chi connectivity index (χ1v) is 5.51. The number of aryl methyl sites for hydroxylation is 2. The fourth-order valence-corrected chi connectivity index (χ4v) is 1.60. The predicted molar refractivity (Wildman–Crippen MR) is 65.9 cm³/mol. The standard InChI is InChI=1S/C12H14N4O2/c1-18-12(17)11-10(13)8-16(15-11)7-4-9-2-5-14-6-3-9/h2-3,5-6,8H,4,7,13H2,1H3. The Morgan fingerprint density at radius 3 is 2.83 bits per heavy atom. The van der Waals surface area contributed by atoms with Gasteiger partial charge in [-0.3, -0.25) is 9.67 Å². The van der Waals surface area contributed by atoms with Gasteiger partial charge in [-0.2, -0.15) is 5.10 Å². The molecule has 2 N–H and O–H groups in total. The Hall–Kier alpha value is -2.37. The fraction of sp³-hybridized carbons (Fsp3) is 0.250. The number of carbonyl (C=O) groups excluding carboxylic acids is 1. The number of methoxy groups -OCH3 is 1. The lowest BCUT2D eigenvalue weighted by Gasteiger charge is -2.01. The first kappa shape index (κ1) is 12.1. The normalized spacial score (nSPS) is 10.3. The van der Waals surface area contributed by atoms with Crippen molar-refractivity contribution in [3.63, 3.8) is 0 Å². The van der Waals surface area contributed by atoms with E-state index in [4.69, 9.17) is 5.73 Å². The molecule has 94 valence electrons. The van der Waals surface area contributed by atoms with Crippen molar-refractivity contribution in [1.82, 2.24) is 14.8 Å². The van der Waals surface area contributed by atoms with Crippen LogP contribution in [0, 0.1) is 0 Å². The zero-order valence-electron chi connectivity index (χ0n) is 10.0. The third-order valence-corrected chi connectivity index (χ3v) is 2.55. The Morgan fingerprint density at radius 2 is 2.17 bits per heavy atom. The maximum absolute atomic E-state index is 11.3. The zero-order chi connectivity index (χ0) is 13.0. The van der Waals surface area contributed by atoms with Crippen LogP contribution in [0.25, 0.3) is 0 Å². The fourth-order valence-electron chi connectivity index (χ4n) is 1.60. The van der Waals surface area contributed by atoms with Gasteiger partial charge in [-0.25, -0.2) is 4.79 Å². The van der Waals surface area contributed by atoms with Crippen LogP contribution in [0.1, 0.15) is 16.1 Å². The highest BCUT2D eigenvalue weighted by Crippen LogP contribution is 2.11. The second-order valence-electron chi connectivity index (χ2n) is 3.79. The van der Waals surface area contributed by atoms with Gasteiger partial charge in [-0.05, 0) is 24.1 Å². The molecule has 0 bridgehead atoms. The number of esters is 1. The van der Waals surface area contributed by atoms with Gasteiger partial charge in [0.05, 0.1) is 12.8 Å². The van der Waals surface area contributed by atoms with Gasteiger partial charge in [0.2, 0.25) is 0 Å². The van der Waals surface area contributed by atoms with Crippen LogP contribution in [0.5, 0.6) is 0 Å². The molecule has 18 heavy (non-hydrogen) atoms. The van der Waals surface area contributed by atoms with Crippen LogP contribution < -0.4 is 5.73 Å². The van der Waals surface area contributed by atoms with E-state index in [0.717, 1.165) is 12.0 Å². The summed E-state index contributed by atoms with van der Waals surface area (Å²) in [5.41, 5.74) is 7.33. The van der Waals surface area contributed by atoms with E-state index < -0.39 is 5.97 Å². The molecule has 2 rings (SSSR count). The lowest BCUT2D eigenvalue weighted by Crippen LogP contribution is -2.07. The van der Waals surface area contributed by atoms with Gasteiger partial charge >= 0.3 is 5.97 Å². The van der Waals surface area contributed by atoms with E-state index >= 15 is 0 Å². The van der Waals surface area contributed by atoms with Crippen LogP contribution in [-0.4, -0.2) is 27.8 Å². The predicted octanol–water partition coefficient (Wildman–Crippen LogP) is 0.890. The van der Waals surface area contributed by atoms with E-state index in [1.807, 2.05) is 12.1 Å². The van der Waals surface area contributed by atoms with Crippen molar-refractivity contribution >= 4 is 11.7 Å². The third-order valence-electron chi connectivity index (χ3n) is 2.55.